The average molecular weight is 317 g/mol. The van der Waals surface area contributed by atoms with Crippen molar-refractivity contribution in [2.45, 2.75) is 47.3 Å². The molecule has 2 rings (SSSR count). The molecule has 2 aromatic rings. The SMILES string of the molecule is Cc1nnc(COC(=O)c2cccc(N[C@H](C)C(C)C)c2C)o1. The van der Waals surface area contributed by atoms with Gasteiger partial charge in [-0.2, -0.15) is 0 Å². The van der Waals surface area contributed by atoms with E-state index in [9.17, 15) is 4.79 Å². The van der Waals surface area contributed by atoms with Gasteiger partial charge < -0.3 is 14.5 Å². The summed E-state index contributed by atoms with van der Waals surface area (Å²) in [4.78, 5) is 12.3. The number of esters is 1. The van der Waals surface area contributed by atoms with E-state index in [0.29, 0.717) is 23.4 Å². The highest BCUT2D eigenvalue weighted by atomic mass is 16.5. The van der Waals surface area contributed by atoms with Crippen molar-refractivity contribution >= 4 is 11.7 Å². The van der Waals surface area contributed by atoms with Crippen molar-refractivity contribution in [1.82, 2.24) is 10.2 Å². The Labute approximate surface area is 136 Å². The minimum atomic E-state index is -0.404. The predicted molar refractivity (Wildman–Crippen MR) is 87.3 cm³/mol. The van der Waals surface area contributed by atoms with Crippen LogP contribution >= 0.6 is 0 Å². The maximum absolute atomic E-state index is 12.3. The zero-order chi connectivity index (χ0) is 17.0. The Balaban J connectivity index is 2.08. The quantitative estimate of drug-likeness (QED) is 0.822. The third-order valence-electron chi connectivity index (χ3n) is 3.83. The monoisotopic (exact) mass is 317 g/mol. The number of anilines is 1. The highest BCUT2D eigenvalue weighted by Gasteiger charge is 2.16. The van der Waals surface area contributed by atoms with Gasteiger partial charge in [-0.1, -0.05) is 19.9 Å². The van der Waals surface area contributed by atoms with E-state index in [2.05, 4.69) is 36.3 Å². The fourth-order valence-corrected chi connectivity index (χ4v) is 2.03. The largest absolute Gasteiger partial charge is 0.452 e. The third kappa shape index (κ3) is 4.31. The molecule has 0 unspecified atom stereocenters. The maximum Gasteiger partial charge on any atom is 0.338 e. The summed E-state index contributed by atoms with van der Waals surface area (Å²) >= 11 is 0. The second-order valence-electron chi connectivity index (χ2n) is 5.95. The van der Waals surface area contributed by atoms with E-state index in [1.54, 1.807) is 13.0 Å². The molecule has 0 saturated heterocycles. The van der Waals surface area contributed by atoms with Crippen LogP contribution in [0.3, 0.4) is 0 Å². The van der Waals surface area contributed by atoms with Gasteiger partial charge in [-0.25, -0.2) is 4.79 Å². The number of aromatic nitrogens is 2. The van der Waals surface area contributed by atoms with E-state index in [1.807, 2.05) is 19.1 Å². The first-order chi connectivity index (χ1) is 10.9. The molecule has 1 heterocycles. The summed E-state index contributed by atoms with van der Waals surface area (Å²) < 4.78 is 10.4. The van der Waals surface area contributed by atoms with Crippen molar-refractivity contribution in [2.24, 2.45) is 5.92 Å². The fourth-order valence-electron chi connectivity index (χ4n) is 2.03. The normalized spacial score (nSPS) is 12.3. The van der Waals surface area contributed by atoms with Gasteiger partial charge in [0.2, 0.25) is 5.89 Å². The lowest BCUT2D eigenvalue weighted by molar-refractivity contribution is 0.0436. The van der Waals surface area contributed by atoms with Gasteiger partial charge in [-0.15, -0.1) is 10.2 Å². The second-order valence-corrected chi connectivity index (χ2v) is 5.95. The van der Waals surface area contributed by atoms with Crippen molar-refractivity contribution in [3.63, 3.8) is 0 Å². The van der Waals surface area contributed by atoms with Gasteiger partial charge in [-0.3, -0.25) is 0 Å². The van der Waals surface area contributed by atoms with Gasteiger partial charge in [-0.05, 0) is 37.5 Å². The number of hydrogen-bond acceptors (Lipinski definition) is 6. The van der Waals surface area contributed by atoms with E-state index in [4.69, 9.17) is 9.15 Å². The van der Waals surface area contributed by atoms with Crippen LogP contribution < -0.4 is 5.32 Å². The molecule has 0 fully saturated rings. The molecule has 6 nitrogen and oxygen atoms in total. The van der Waals surface area contributed by atoms with E-state index >= 15 is 0 Å². The standard InChI is InChI=1S/C17H23N3O3/c1-10(2)12(4)18-15-8-6-7-14(11(15)3)17(21)22-9-16-20-19-13(5)23-16/h6-8,10,12,18H,9H2,1-5H3/t12-/m1/s1. The van der Waals surface area contributed by atoms with Gasteiger partial charge in [0.15, 0.2) is 6.61 Å². The summed E-state index contributed by atoms with van der Waals surface area (Å²) in [5, 5.41) is 10.9. The lowest BCUT2D eigenvalue weighted by atomic mass is 10.0. The molecule has 0 bridgehead atoms. The molecule has 0 aliphatic carbocycles. The Morgan fingerprint density at radius 2 is 2.00 bits per heavy atom. The van der Waals surface area contributed by atoms with Crippen LogP contribution in [-0.2, 0) is 11.3 Å². The molecular formula is C17H23N3O3. The average Bonchev–Trinajstić information content (AvgIpc) is 2.92. The van der Waals surface area contributed by atoms with Crippen LogP contribution in [-0.4, -0.2) is 22.2 Å². The number of rotatable bonds is 6. The number of nitrogens with zero attached hydrogens (tertiary/aromatic N) is 2. The predicted octanol–water partition coefficient (Wildman–Crippen LogP) is 3.50. The van der Waals surface area contributed by atoms with Gasteiger partial charge in [0, 0.05) is 18.7 Å². The zero-order valence-corrected chi connectivity index (χ0v) is 14.2. The van der Waals surface area contributed by atoms with E-state index in [0.717, 1.165) is 11.3 Å². The molecule has 0 saturated carbocycles. The number of hydrogen-bond donors (Lipinski definition) is 1. The van der Waals surface area contributed by atoms with Crippen LogP contribution in [0, 0.1) is 19.8 Å². The number of aryl methyl sites for hydroxylation is 1. The van der Waals surface area contributed by atoms with Gasteiger partial charge in [0.05, 0.1) is 5.56 Å². The highest BCUT2D eigenvalue weighted by molar-refractivity contribution is 5.92. The first-order valence-electron chi connectivity index (χ1n) is 7.70. The molecule has 0 aliphatic heterocycles. The number of carbonyl (C=O) groups excluding carboxylic acids is 1. The highest BCUT2D eigenvalue weighted by Crippen LogP contribution is 2.22. The van der Waals surface area contributed by atoms with Gasteiger partial charge in [0.25, 0.3) is 5.89 Å². The number of benzene rings is 1. The molecule has 0 spiro atoms. The summed E-state index contributed by atoms with van der Waals surface area (Å²) in [6.07, 6.45) is 0. The molecule has 1 atom stereocenters. The molecule has 6 heteroatoms. The Morgan fingerprint density at radius 1 is 1.26 bits per heavy atom. The molecule has 0 aliphatic rings. The molecule has 124 valence electrons. The second kappa shape index (κ2) is 7.26. The fraction of sp³-hybridized carbons (Fsp3) is 0.471. The topological polar surface area (TPSA) is 77.2 Å². The number of nitrogens with one attached hydrogen (secondary N) is 1. The Bertz CT molecular complexity index is 679. The first-order valence-corrected chi connectivity index (χ1v) is 7.70. The lowest BCUT2D eigenvalue weighted by Gasteiger charge is -2.21. The molecule has 1 aromatic heterocycles. The summed E-state index contributed by atoms with van der Waals surface area (Å²) in [7, 11) is 0. The Kier molecular flexibility index (Phi) is 5.36. The van der Waals surface area contributed by atoms with Crippen molar-refractivity contribution in [3.8, 4) is 0 Å². The molecular weight excluding hydrogens is 294 g/mol. The van der Waals surface area contributed by atoms with E-state index in [1.165, 1.54) is 0 Å². The summed E-state index contributed by atoms with van der Waals surface area (Å²) in [5.41, 5.74) is 2.34. The van der Waals surface area contributed by atoms with Crippen molar-refractivity contribution in [2.75, 3.05) is 5.32 Å². The van der Waals surface area contributed by atoms with Crippen molar-refractivity contribution in [1.29, 1.82) is 0 Å². The van der Waals surface area contributed by atoms with Gasteiger partial charge >= 0.3 is 5.97 Å². The summed E-state index contributed by atoms with van der Waals surface area (Å²) in [6.45, 7) is 9.98. The molecule has 0 amide bonds. The zero-order valence-electron chi connectivity index (χ0n) is 14.2. The van der Waals surface area contributed by atoms with Crippen LogP contribution in [0.15, 0.2) is 22.6 Å². The molecule has 1 aromatic carbocycles. The van der Waals surface area contributed by atoms with Crippen LogP contribution in [0.4, 0.5) is 5.69 Å². The van der Waals surface area contributed by atoms with Gasteiger partial charge in [0.1, 0.15) is 0 Å². The number of carbonyl (C=O) groups is 1. The van der Waals surface area contributed by atoms with E-state index in [-0.39, 0.29) is 12.5 Å². The van der Waals surface area contributed by atoms with Crippen molar-refractivity contribution in [3.05, 3.63) is 41.1 Å². The third-order valence-corrected chi connectivity index (χ3v) is 3.83. The summed E-state index contributed by atoms with van der Waals surface area (Å²) in [6, 6.07) is 5.87. The van der Waals surface area contributed by atoms with Crippen molar-refractivity contribution < 1.29 is 13.9 Å². The maximum atomic E-state index is 12.3. The number of ether oxygens (including phenoxy) is 1. The van der Waals surface area contributed by atoms with Crippen LogP contribution in [0.1, 0.15) is 48.5 Å². The smallest absolute Gasteiger partial charge is 0.338 e. The molecule has 23 heavy (non-hydrogen) atoms. The Hall–Kier alpha value is -2.37. The minimum absolute atomic E-state index is 0.0286. The summed E-state index contributed by atoms with van der Waals surface area (Å²) in [5.74, 6) is 0.822. The Morgan fingerprint density at radius 3 is 2.61 bits per heavy atom. The van der Waals surface area contributed by atoms with Crippen LogP contribution in [0.25, 0.3) is 0 Å². The molecule has 1 N–H and O–H groups in total. The minimum Gasteiger partial charge on any atom is -0.452 e. The lowest BCUT2D eigenvalue weighted by Crippen LogP contribution is -2.22. The first kappa shape index (κ1) is 17.0. The van der Waals surface area contributed by atoms with Crippen LogP contribution in [0.2, 0.25) is 0 Å². The van der Waals surface area contributed by atoms with E-state index < -0.39 is 5.97 Å². The van der Waals surface area contributed by atoms with Crippen LogP contribution in [0.5, 0.6) is 0 Å². The molecule has 0 radical (unpaired) electrons.